The third kappa shape index (κ3) is 4.59. The molecule has 1 aliphatic rings. The second-order valence-corrected chi connectivity index (χ2v) is 8.36. The number of fused-ring (bicyclic) bond motifs is 1. The van der Waals surface area contributed by atoms with Crippen LogP contribution in [0.5, 0.6) is 0 Å². The molecular formula is C29H23N3O3. The number of carbonyl (C=O) groups is 3. The maximum atomic E-state index is 13.2. The number of pyridine rings is 1. The highest BCUT2D eigenvalue weighted by Crippen LogP contribution is 2.26. The van der Waals surface area contributed by atoms with Crippen molar-refractivity contribution in [2.75, 3.05) is 6.54 Å². The molecule has 6 heteroatoms. The first-order chi connectivity index (χ1) is 17.1. The van der Waals surface area contributed by atoms with Crippen LogP contribution >= 0.6 is 0 Å². The van der Waals surface area contributed by atoms with Crippen LogP contribution in [0, 0.1) is 0 Å². The van der Waals surface area contributed by atoms with Crippen LogP contribution in [0.2, 0.25) is 0 Å². The van der Waals surface area contributed by atoms with Crippen LogP contribution in [0.1, 0.15) is 53.8 Å². The number of imide groups is 1. The van der Waals surface area contributed by atoms with E-state index in [1.54, 1.807) is 24.5 Å². The molecular weight excluding hydrogens is 438 g/mol. The van der Waals surface area contributed by atoms with Gasteiger partial charge in [-0.15, -0.1) is 0 Å². The lowest BCUT2D eigenvalue weighted by molar-refractivity contribution is 0.0656. The number of amides is 3. The number of nitrogens with one attached hydrogen (secondary N) is 1. The zero-order valence-corrected chi connectivity index (χ0v) is 18.9. The summed E-state index contributed by atoms with van der Waals surface area (Å²) < 4.78 is 0. The number of benzene rings is 3. The number of hydrogen-bond acceptors (Lipinski definition) is 4. The monoisotopic (exact) mass is 461 g/mol. The quantitative estimate of drug-likeness (QED) is 0.413. The molecule has 3 aromatic carbocycles. The molecule has 0 saturated carbocycles. The Hall–Kier alpha value is -4.58. The highest BCUT2D eigenvalue weighted by molar-refractivity contribution is 6.22. The Morgan fingerprint density at radius 1 is 0.771 bits per heavy atom. The molecule has 0 saturated heterocycles. The molecule has 0 spiro atoms. The van der Waals surface area contributed by atoms with E-state index in [0.29, 0.717) is 17.5 Å². The lowest BCUT2D eigenvalue weighted by Crippen LogP contribution is -2.31. The average molecular weight is 462 g/mol. The van der Waals surface area contributed by atoms with Crippen LogP contribution in [-0.2, 0) is 6.42 Å². The van der Waals surface area contributed by atoms with Crippen molar-refractivity contribution in [3.05, 3.63) is 137 Å². The van der Waals surface area contributed by atoms with Crippen molar-refractivity contribution >= 4 is 17.7 Å². The van der Waals surface area contributed by atoms with Crippen LogP contribution in [-0.4, -0.2) is 34.2 Å². The Labute approximate surface area is 203 Å². The Balaban J connectivity index is 1.36. The minimum absolute atomic E-state index is 0.260. The fourth-order valence-electron chi connectivity index (χ4n) is 4.30. The molecule has 1 atom stereocenters. The van der Waals surface area contributed by atoms with Gasteiger partial charge >= 0.3 is 0 Å². The molecule has 1 aromatic heterocycles. The van der Waals surface area contributed by atoms with E-state index >= 15 is 0 Å². The van der Waals surface area contributed by atoms with Crippen molar-refractivity contribution < 1.29 is 14.4 Å². The van der Waals surface area contributed by atoms with Crippen molar-refractivity contribution in [3.8, 4) is 0 Å². The molecule has 1 N–H and O–H groups in total. The van der Waals surface area contributed by atoms with Gasteiger partial charge in [-0.1, -0.05) is 60.7 Å². The summed E-state index contributed by atoms with van der Waals surface area (Å²) in [7, 11) is 0. The maximum absolute atomic E-state index is 13.2. The highest BCUT2D eigenvalue weighted by atomic mass is 16.2. The van der Waals surface area contributed by atoms with Gasteiger partial charge in [0.15, 0.2) is 0 Å². The lowest BCUT2D eigenvalue weighted by atomic mass is 9.98. The molecule has 2 heterocycles. The maximum Gasteiger partial charge on any atom is 0.261 e. The summed E-state index contributed by atoms with van der Waals surface area (Å²) in [5.41, 5.74) is 3.77. The molecule has 0 radical (unpaired) electrons. The van der Waals surface area contributed by atoms with Crippen LogP contribution in [0.4, 0.5) is 0 Å². The summed E-state index contributed by atoms with van der Waals surface area (Å²) >= 11 is 0. The number of rotatable bonds is 7. The Kier molecular flexibility index (Phi) is 6.18. The summed E-state index contributed by atoms with van der Waals surface area (Å²) in [6, 6.07) is 27.3. The molecule has 0 bridgehead atoms. The van der Waals surface area contributed by atoms with Gasteiger partial charge in [-0.05, 0) is 53.4 Å². The first kappa shape index (κ1) is 22.2. The number of nitrogens with zero attached hydrogens (tertiary/aromatic N) is 2. The van der Waals surface area contributed by atoms with Crippen LogP contribution in [0.15, 0.2) is 103 Å². The highest BCUT2D eigenvalue weighted by Gasteiger charge is 2.35. The fraction of sp³-hybridized carbons (Fsp3) is 0.103. The molecule has 35 heavy (non-hydrogen) atoms. The van der Waals surface area contributed by atoms with Crippen LogP contribution in [0.3, 0.4) is 0 Å². The molecule has 1 unspecified atom stereocenters. The van der Waals surface area contributed by atoms with Gasteiger partial charge in [0.1, 0.15) is 0 Å². The van der Waals surface area contributed by atoms with E-state index in [1.807, 2.05) is 72.8 Å². The van der Waals surface area contributed by atoms with Crippen molar-refractivity contribution in [1.82, 2.24) is 15.2 Å². The van der Waals surface area contributed by atoms with Gasteiger partial charge in [0.25, 0.3) is 17.7 Å². The Bertz CT molecular complexity index is 1330. The molecule has 4 aromatic rings. The van der Waals surface area contributed by atoms with E-state index < -0.39 is 0 Å². The predicted molar refractivity (Wildman–Crippen MR) is 132 cm³/mol. The van der Waals surface area contributed by atoms with Crippen molar-refractivity contribution in [1.29, 1.82) is 0 Å². The van der Waals surface area contributed by atoms with Crippen molar-refractivity contribution in [3.63, 3.8) is 0 Å². The van der Waals surface area contributed by atoms with E-state index in [9.17, 15) is 14.4 Å². The zero-order chi connectivity index (χ0) is 24.2. The number of carbonyl (C=O) groups excluding carboxylic acids is 3. The van der Waals surface area contributed by atoms with Gasteiger partial charge in [-0.3, -0.25) is 24.3 Å². The zero-order valence-electron chi connectivity index (χ0n) is 18.9. The second kappa shape index (κ2) is 9.73. The molecule has 5 rings (SSSR count). The van der Waals surface area contributed by atoms with Crippen LogP contribution < -0.4 is 5.32 Å². The van der Waals surface area contributed by atoms with E-state index in [4.69, 9.17) is 0 Å². The van der Waals surface area contributed by atoms with E-state index in [2.05, 4.69) is 10.3 Å². The third-order valence-corrected chi connectivity index (χ3v) is 6.15. The van der Waals surface area contributed by atoms with Gasteiger partial charge in [0, 0.05) is 24.5 Å². The van der Waals surface area contributed by atoms with Gasteiger partial charge in [0.2, 0.25) is 0 Å². The van der Waals surface area contributed by atoms with Crippen LogP contribution in [0.25, 0.3) is 0 Å². The first-order valence-electron chi connectivity index (χ1n) is 11.4. The summed E-state index contributed by atoms with van der Waals surface area (Å²) in [5, 5.41) is 3.06. The smallest absolute Gasteiger partial charge is 0.261 e. The van der Waals surface area contributed by atoms with Gasteiger partial charge in [0.05, 0.1) is 17.2 Å². The summed E-state index contributed by atoms with van der Waals surface area (Å²) in [6.45, 7) is 0.288. The van der Waals surface area contributed by atoms with Crippen molar-refractivity contribution in [2.45, 2.75) is 12.5 Å². The summed E-state index contributed by atoms with van der Waals surface area (Å²) in [5.74, 6) is -1.03. The van der Waals surface area contributed by atoms with Gasteiger partial charge in [-0.2, -0.15) is 0 Å². The molecule has 0 fully saturated rings. The van der Waals surface area contributed by atoms with E-state index in [0.717, 1.165) is 16.7 Å². The molecule has 172 valence electrons. The molecule has 1 aliphatic heterocycles. The second-order valence-electron chi connectivity index (χ2n) is 8.36. The molecule has 3 amide bonds. The molecule has 6 nitrogen and oxygen atoms in total. The number of aromatic nitrogens is 1. The SMILES string of the molecule is O=C(NC(c1ccccc1)c1ccncc1)c1ccc2c(c1)C(=O)N(CCc1ccccc1)C2=O. The van der Waals surface area contributed by atoms with Gasteiger partial charge in [-0.25, -0.2) is 0 Å². The minimum Gasteiger partial charge on any atom is -0.341 e. The standard InChI is InChI=1S/C29H23N3O3/c33-27(31-26(21-9-5-2-6-10-21)22-13-16-30-17-14-22)23-11-12-24-25(19-23)29(35)32(28(24)34)18-15-20-7-3-1-4-8-20/h1-14,16-17,19,26H,15,18H2,(H,31,33). The predicted octanol–water partition coefficient (Wildman–Crippen LogP) is 4.44. The largest absolute Gasteiger partial charge is 0.341 e. The van der Waals surface area contributed by atoms with E-state index in [-0.39, 0.29) is 35.9 Å². The van der Waals surface area contributed by atoms with Gasteiger partial charge < -0.3 is 5.32 Å². The third-order valence-electron chi connectivity index (χ3n) is 6.15. The first-order valence-corrected chi connectivity index (χ1v) is 11.4. The lowest BCUT2D eigenvalue weighted by Gasteiger charge is -2.20. The normalized spacial score (nSPS) is 13.4. The van der Waals surface area contributed by atoms with Crippen molar-refractivity contribution in [2.24, 2.45) is 0 Å². The fourth-order valence-corrected chi connectivity index (χ4v) is 4.30. The average Bonchev–Trinajstić information content (AvgIpc) is 3.16. The summed E-state index contributed by atoms with van der Waals surface area (Å²) in [6.07, 6.45) is 3.94. The topological polar surface area (TPSA) is 79.4 Å². The van der Waals surface area contributed by atoms with E-state index in [1.165, 1.54) is 11.0 Å². The molecule has 0 aliphatic carbocycles. The Morgan fingerprint density at radius 3 is 2.11 bits per heavy atom. The number of hydrogen-bond donors (Lipinski definition) is 1. The minimum atomic E-state index is -0.389. The summed E-state index contributed by atoms with van der Waals surface area (Å²) in [4.78, 5) is 44.5. The Morgan fingerprint density at radius 2 is 1.40 bits per heavy atom.